The third-order valence-electron chi connectivity index (χ3n) is 6.17. The Hall–Kier alpha value is -3.35. The fourth-order valence-electron chi connectivity index (χ4n) is 4.43. The van der Waals surface area contributed by atoms with Crippen LogP contribution in [0.5, 0.6) is 11.6 Å². The highest BCUT2D eigenvalue weighted by molar-refractivity contribution is 6.99. The van der Waals surface area contributed by atoms with Gasteiger partial charge >= 0.3 is 0 Å². The van der Waals surface area contributed by atoms with E-state index in [0.717, 1.165) is 17.1 Å². The first-order chi connectivity index (χ1) is 16.9. The van der Waals surface area contributed by atoms with Gasteiger partial charge in [-0.15, -0.1) is 0 Å². The Bertz CT molecular complexity index is 1150. The van der Waals surface area contributed by atoms with Gasteiger partial charge in [0.2, 0.25) is 0 Å². The SMILES string of the molecule is COc1ccc(COc2cc(CCO[Si](c3ccccc3)(c3ccccc3)C(C)(C)C)on2)cc1. The molecule has 182 valence electrons. The van der Waals surface area contributed by atoms with Crippen LogP contribution in [0.25, 0.3) is 0 Å². The van der Waals surface area contributed by atoms with E-state index >= 15 is 0 Å². The van der Waals surface area contributed by atoms with E-state index in [-0.39, 0.29) is 5.04 Å². The zero-order valence-corrected chi connectivity index (χ0v) is 21.9. The van der Waals surface area contributed by atoms with Gasteiger partial charge in [0.15, 0.2) is 0 Å². The first-order valence-corrected chi connectivity index (χ1v) is 13.8. The van der Waals surface area contributed by atoms with E-state index < -0.39 is 8.32 Å². The average molecular weight is 488 g/mol. The summed E-state index contributed by atoms with van der Waals surface area (Å²) in [5.41, 5.74) is 1.03. The Morgan fingerprint density at radius 3 is 1.97 bits per heavy atom. The lowest BCUT2D eigenvalue weighted by atomic mass is 10.2. The number of ether oxygens (including phenoxy) is 2. The minimum absolute atomic E-state index is 0.0657. The summed E-state index contributed by atoms with van der Waals surface area (Å²) < 4.78 is 23.5. The molecule has 0 spiro atoms. The molecule has 0 saturated heterocycles. The smallest absolute Gasteiger partial charge is 0.261 e. The van der Waals surface area contributed by atoms with Crippen LogP contribution in [-0.4, -0.2) is 27.2 Å². The van der Waals surface area contributed by atoms with Crippen molar-refractivity contribution in [2.45, 2.75) is 38.8 Å². The maximum absolute atomic E-state index is 6.93. The first-order valence-electron chi connectivity index (χ1n) is 11.9. The fraction of sp³-hybridized carbons (Fsp3) is 0.276. The van der Waals surface area contributed by atoms with E-state index in [1.807, 2.05) is 30.3 Å². The summed E-state index contributed by atoms with van der Waals surface area (Å²) in [5, 5.41) is 6.54. The number of benzene rings is 3. The van der Waals surface area contributed by atoms with Crippen LogP contribution in [0.1, 0.15) is 32.1 Å². The molecule has 0 unspecified atom stereocenters. The van der Waals surface area contributed by atoms with Crippen LogP contribution in [0.4, 0.5) is 0 Å². The van der Waals surface area contributed by atoms with Crippen molar-refractivity contribution in [3.05, 3.63) is 102 Å². The monoisotopic (exact) mass is 487 g/mol. The number of methoxy groups -OCH3 is 1. The summed E-state index contributed by atoms with van der Waals surface area (Å²) in [6, 6.07) is 30.9. The zero-order chi connectivity index (χ0) is 24.7. The van der Waals surface area contributed by atoms with E-state index in [9.17, 15) is 0 Å². The van der Waals surface area contributed by atoms with Crippen molar-refractivity contribution in [1.29, 1.82) is 0 Å². The van der Waals surface area contributed by atoms with Crippen LogP contribution in [-0.2, 0) is 17.5 Å². The molecular weight excluding hydrogens is 454 g/mol. The molecule has 6 heteroatoms. The Labute approximate surface area is 208 Å². The molecule has 35 heavy (non-hydrogen) atoms. The van der Waals surface area contributed by atoms with Gasteiger partial charge in [0.1, 0.15) is 18.1 Å². The van der Waals surface area contributed by atoms with Gasteiger partial charge in [-0.1, -0.05) is 93.6 Å². The highest BCUT2D eigenvalue weighted by Crippen LogP contribution is 2.36. The van der Waals surface area contributed by atoms with Gasteiger partial charge in [0, 0.05) is 19.1 Å². The van der Waals surface area contributed by atoms with Crippen LogP contribution >= 0.6 is 0 Å². The summed E-state index contributed by atoms with van der Waals surface area (Å²) in [4.78, 5) is 0. The van der Waals surface area contributed by atoms with Crippen molar-refractivity contribution < 1.29 is 18.4 Å². The molecule has 4 rings (SSSR count). The molecular formula is C29H33NO4Si. The lowest BCUT2D eigenvalue weighted by Crippen LogP contribution is -2.66. The average Bonchev–Trinajstić information content (AvgIpc) is 3.34. The standard InChI is InChI=1S/C29H33NO4Si/c1-29(2,3)35(26-11-7-5-8-12-26,27-13-9-6-10-14-27)33-20-19-25-21-28(30-34-25)32-22-23-15-17-24(31-4)18-16-23/h5-18,21H,19-20,22H2,1-4H3. The van der Waals surface area contributed by atoms with Crippen molar-refractivity contribution in [3.63, 3.8) is 0 Å². The molecule has 5 nitrogen and oxygen atoms in total. The number of rotatable bonds is 10. The number of aromatic nitrogens is 1. The van der Waals surface area contributed by atoms with Crippen molar-refractivity contribution in [1.82, 2.24) is 5.16 Å². The molecule has 0 amide bonds. The van der Waals surface area contributed by atoms with Gasteiger partial charge in [-0.05, 0) is 38.3 Å². The molecule has 1 heterocycles. The third-order valence-corrected chi connectivity index (χ3v) is 11.2. The van der Waals surface area contributed by atoms with Crippen LogP contribution < -0.4 is 19.8 Å². The second-order valence-corrected chi connectivity index (χ2v) is 13.8. The Morgan fingerprint density at radius 1 is 0.829 bits per heavy atom. The Morgan fingerprint density at radius 2 is 1.43 bits per heavy atom. The lowest BCUT2D eigenvalue weighted by Gasteiger charge is -2.43. The molecule has 0 aliphatic rings. The zero-order valence-electron chi connectivity index (χ0n) is 20.9. The molecule has 0 radical (unpaired) electrons. The van der Waals surface area contributed by atoms with E-state index in [1.165, 1.54) is 10.4 Å². The van der Waals surface area contributed by atoms with Crippen LogP contribution in [0.2, 0.25) is 5.04 Å². The number of nitrogens with zero attached hydrogens (tertiary/aromatic N) is 1. The maximum Gasteiger partial charge on any atom is 0.261 e. The molecule has 0 fully saturated rings. The van der Waals surface area contributed by atoms with E-state index in [0.29, 0.717) is 25.5 Å². The van der Waals surface area contributed by atoms with Gasteiger partial charge in [-0.25, -0.2) is 0 Å². The molecule has 0 N–H and O–H groups in total. The van der Waals surface area contributed by atoms with Crippen LogP contribution in [0, 0.1) is 0 Å². The van der Waals surface area contributed by atoms with Gasteiger partial charge in [-0.3, -0.25) is 0 Å². The molecule has 1 aromatic heterocycles. The third kappa shape index (κ3) is 5.66. The summed E-state index contributed by atoms with van der Waals surface area (Å²) in [6.45, 7) is 7.77. The molecule has 0 saturated carbocycles. The van der Waals surface area contributed by atoms with Crippen LogP contribution in [0.3, 0.4) is 0 Å². The first kappa shape index (κ1) is 24.8. The molecule has 0 atom stereocenters. The fourth-order valence-corrected chi connectivity index (χ4v) is 8.99. The predicted octanol–water partition coefficient (Wildman–Crippen LogP) is 5.38. The van der Waals surface area contributed by atoms with Gasteiger partial charge in [0.25, 0.3) is 14.2 Å². The van der Waals surface area contributed by atoms with Gasteiger partial charge in [-0.2, -0.15) is 0 Å². The quantitative estimate of drug-likeness (QED) is 0.281. The van der Waals surface area contributed by atoms with Crippen LogP contribution in [0.15, 0.2) is 95.5 Å². The van der Waals surface area contributed by atoms with Gasteiger partial charge < -0.3 is 18.4 Å². The van der Waals surface area contributed by atoms with Crippen molar-refractivity contribution in [2.24, 2.45) is 0 Å². The van der Waals surface area contributed by atoms with E-state index in [2.05, 4.69) is 86.6 Å². The lowest BCUT2D eigenvalue weighted by molar-refractivity contribution is 0.257. The summed E-state index contributed by atoms with van der Waals surface area (Å²) in [5.74, 6) is 2.03. The summed E-state index contributed by atoms with van der Waals surface area (Å²) in [6.07, 6.45) is 0.614. The molecule has 4 aromatic rings. The minimum atomic E-state index is -2.57. The van der Waals surface area contributed by atoms with E-state index in [4.69, 9.17) is 18.4 Å². The second kappa shape index (κ2) is 10.9. The highest BCUT2D eigenvalue weighted by Gasteiger charge is 2.50. The molecule has 3 aromatic carbocycles. The normalized spacial score (nSPS) is 11.9. The molecule has 0 aliphatic carbocycles. The highest BCUT2D eigenvalue weighted by atomic mass is 28.4. The Balaban J connectivity index is 1.46. The summed E-state index contributed by atoms with van der Waals surface area (Å²) in [7, 11) is -0.914. The number of hydrogen-bond acceptors (Lipinski definition) is 5. The largest absolute Gasteiger partial charge is 0.497 e. The van der Waals surface area contributed by atoms with Crippen molar-refractivity contribution in [3.8, 4) is 11.6 Å². The molecule has 0 bridgehead atoms. The second-order valence-electron chi connectivity index (χ2n) is 9.53. The van der Waals surface area contributed by atoms with Gasteiger partial charge in [0.05, 0.1) is 7.11 Å². The number of hydrogen-bond donors (Lipinski definition) is 0. The minimum Gasteiger partial charge on any atom is -0.497 e. The topological polar surface area (TPSA) is 53.7 Å². The Kier molecular flexibility index (Phi) is 7.73. The van der Waals surface area contributed by atoms with E-state index in [1.54, 1.807) is 7.11 Å². The predicted molar refractivity (Wildman–Crippen MR) is 141 cm³/mol. The van der Waals surface area contributed by atoms with Crippen molar-refractivity contribution in [2.75, 3.05) is 13.7 Å². The maximum atomic E-state index is 6.93. The summed E-state index contributed by atoms with van der Waals surface area (Å²) >= 11 is 0. The van der Waals surface area contributed by atoms with Crippen molar-refractivity contribution >= 4 is 18.7 Å². The molecule has 0 aliphatic heterocycles.